The Labute approximate surface area is 120 Å². The lowest BCUT2D eigenvalue weighted by Gasteiger charge is -2.12. The number of anilines is 1. The molecular formula is C16H21N3O. The summed E-state index contributed by atoms with van der Waals surface area (Å²) in [6, 6.07) is 8.11. The molecule has 4 heteroatoms. The highest BCUT2D eigenvalue weighted by Crippen LogP contribution is 2.28. The van der Waals surface area contributed by atoms with Crippen molar-refractivity contribution in [2.24, 2.45) is 0 Å². The lowest BCUT2D eigenvalue weighted by atomic mass is 10.0. The maximum atomic E-state index is 5.90. The van der Waals surface area contributed by atoms with Crippen molar-refractivity contribution in [3.63, 3.8) is 0 Å². The molecule has 4 nitrogen and oxygen atoms in total. The van der Waals surface area contributed by atoms with Crippen molar-refractivity contribution in [1.82, 2.24) is 9.97 Å². The van der Waals surface area contributed by atoms with E-state index in [1.165, 1.54) is 11.9 Å². The molecule has 0 saturated heterocycles. The number of nitrogens with zero attached hydrogens (tertiary/aromatic N) is 2. The number of hydrogen-bond acceptors (Lipinski definition) is 4. The molecule has 2 rings (SSSR count). The van der Waals surface area contributed by atoms with E-state index in [0.717, 1.165) is 23.7 Å². The second-order valence-corrected chi connectivity index (χ2v) is 5.05. The van der Waals surface area contributed by atoms with Gasteiger partial charge in [0.25, 0.3) is 0 Å². The molecule has 0 atom stereocenters. The molecule has 0 saturated carbocycles. The van der Waals surface area contributed by atoms with Crippen LogP contribution in [0.25, 0.3) is 0 Å². The van der Waals surface area contributed by atoms with Gasteiger partial charge in [-0.3, -0.25) is 0 Å². The monoisotopic (exact) mass is 271 g/mol. The molecule has 0 fully saturated rings. The van der Waals surface area contributed by atoms with E-state index in [2.05, 4.69) is 47.3 Å². The average molecular weight is 271 g/mol. The van der Waals surface area contributed by atoms with Gasteiger partial charge in [0.1, 0.15) is 17.9 Å². The smallest absolute Gasteiger partial charge is 0.224 e. The SMILES string of the molecule is CCNc1cc(Oc2cc(C(C)C)ccc2C)ncn1. The number of aromatic nitrogens is 2. The molecule has 1 aromatic carbocycles. The van der Waals surface area contributed by atoms with Gasteiger partial charge in [0.15, 0.2) is 0 Å². The number of aryl methyl sites for hydroxylation is 1. The van der Waals surface area contributed by atoms with Crippen molar-refractivity contribution in [1.29, 1.82) is 0 Å². The first-order valence-electron chi connectivity index (χ1n) is 6.94. The molecule has 0 unspecified atom stereocenters. The third kappa shape index (κ3) is 3.47. The normalized spacial score (nSPS) is 10.7. The Balaban J connectivity index is 2.25. The Hall–Kier alpha value is -2.10. The third-order valence-electron chi connectivity index (χ3n) is 3.09. The highest BCUT2D eigenvalue weighted by molar-refractivity contribution is 5.42. The molecule has 0 aliphatic rings. The van der Waals surface area contributed by atoms with Crippen molar-refractivity contribution in [2.75, 3.05) is 11.9 Å². The molecule has 0 amide bonds. The third-order valence-corrected chi connectivity index (χ3v) is 3.09. The minimum absolute atomic E-state index is 0.473. The van der Waals surface area contributed by atoms with Crippen LogP contribution in [0.3, 0.4) is 0 Å². The summed E-state index contributed by atoms with van der Waals surface area (Å²) >= 11 is 0. The summed E-state index contributed by atoms with van der Waals surface area (Å²) in [6.07, 6.45) is 1.51. The van der Waals surface area contributed by atoms with Crippen molar-refractivity contribution < 1.29 is 4.74 Å². The van der Waals surface area contributed by atoms with Gasteiger partial charge in [0, 0.05) is 12.6 Å². The largest absolute Gasteiger partial charge is 0.439 e. The van der Waals surface area contributed by atoms with Crippen molar-refractivity contribution in [3.8, 4) is 11.6 Å². The lowest BCUT2D eigenvalue weighted by Crippen LogP contribution is -2.00. The van der Waals surface area contributed by atoms with E-state index in [4.69, 9.17) is 4.74 Å². The number of hydrogen-bond donors (Lipinski definition) is 1. The molecule has 2 aromatic rings. The molecule has 0 aliphatic heterocycles. The molecule has 1 N–H and O–H groups in total. The first kappa shape index (κ1) is 14.3. The van der Waals surface area contributed by atoms with E-state index in [-0.39, 0.29) is 0 Å². The van der Waals surface area contributed by atoms with Crippen LogP contribution >= 0.6 is 0 Å². The van der Waals surface area contributed by atoms with E-state index in [0.29, 0.717) is 11.8 Å². The fourth-order valence-electron chi connectivity index (χ4n) is 1.87. The Morgan fingerprint density at radius 1 is 1.20 bits per heavy atom. The summed E-state index contributed by atoms with van der Waals surface area (Å²) in [5.41, 5.74) is 2.35. The standard InChI is InChI=1S/C16H21N3O/c1-5-17-15-9-16(19-10-18-15)20-14-8-13(11(2)3)7-6-12(14)4/h6-11H,5H2,1-4H3,(H,17,18,19). The summed E-state index contributed by atoms with van der Waals surface area (Å²) in [5.74, 6) is 2.65. The number of benzene rings is 1. The maximum absolute atomic E-state index is 5.90. The van der Waals surface area contributed by atoms with Crippen LogP contribution in [0.5, 0.6) is 11.6 Å². The van der Waals surface area contributed by atoms with Crippen LogP contribution in [0.2, 0.25) is 0 Å². The van der Waals surface area contributed by atoms with E-state index in [9.17, 15) is 0 Å². The van der Waals surface area contributed by atoms with E-state index < -0.39 is 0 Å². The molecular weight excluding hydrogens is 250 g/mol. The minimum atomic E-state index is 0.473. The topological polar surface area (TPSA) is 47.0 Å². The minimum Gasteiger partial charge on any atom is -0.439 e. The van der Waals surface area contributed by atoms with Gasteiger partial charge >= 0.3 is 0 Å². The molecule has 0 aliphatic carbocycles. The Bertz CT molecular complexity index is 582. The van der Waals surface area contributed by atoms with Crippen LogP contribution in [-0.4, -0.2) is 16.5 Å². The Morgan fingerprint density at radius 2 is 2.00 bits per heavy atom. The van der Waals surface area contributed by atoms with Gasteiger partial charge in [-0.1, -0.05) is 26.0 Å². The molecule has 1 aromatic heterocycles. The quantitative estimate of drug-likeness (QED) is 0.888. The van der Waals surface area contributed by atoms with Crippen molar-refractivity contribution in [3.05, 3.63) is 41.7 Å². The molecule has 0 bridgehead atoms. The van der Waals surface area contributed by atoms with Crippen LogP contribution in [0.1, 0.15) is 37.8 Å². The molecule has 106 valence electrons. The van der Waals surface area contributed by atoms with Gasteiger partial charge in [0.05, 0.1) is 0 Å². The first-order chi connectivity index (χ1) is 9.60. The van der Waals surface area contributed by atoms with E-state index >= 15 is 0 Å². The van der Waals surface area contributed by atoms with Gasteiger partial charge in [-0.25, -0.2) is 9.97 Å². The predicted molar refractivity (Wildman–Crippen MR) is 81.5 cm³/mol. The van der Waals surface area contributed by atoms with Gasteiger partial charge in [-0.15, -0.1) is 0 Å². The molecule has 0 radical (unpaired) electrons. The number of nitrogens with one attached hydrogen (secondary N) is 1. The van der Waals surface area contributed by atoms with E-state index in [1.54, 1.807) is 0 Å². The fourth-order valence-corrected chi connectivity index (χ4v) is 1.87. The van der Waals surface area contributed by atoms with Gasteiger partial charge in [-0.2, -0.15) is 0 Å². The second kappa shape index (κ2) is 6.37. The van der Waals surface area contributed by atoms with Crippen LogP contribution in [0.4, 0.5) is 5.82 Å². The van der Waals surface area contributed by atoms with Crippen molar-refractivity contribution >= 4 is 5.82 Å². The fraction of sp³-hybridized carbons (Fsp3) is 0.375. The summed E-state index contributed by atoms with van der Waals surface area (Å²) < 4.78 is 5.90. The zero-order chi connectivity index (χ0) is 14.5. The summed E-state index contributed by atoms with van der Waals surface area (Å²) in [6.45, 7) is 9.22. The van der Waals surface area contributed by atoms with Crippen LogP contribution in [0, 0.1) is 6.92 Å². The van der Waals surface area contributed by atoms with Crippen LogP contribution in [0.15, 0.2) is 30.6 Å². The summed E-state index contributed by atoms with van der Waals surface area (Å²) in [5, 5.41) is 3.15. The van der Waals surface area contributed by atoms with Gasteiger partial charge in [-0.05, 0) is 37.0 Å². The Kier molecular flexibility index (Phi) is 4.56. The molecule has 20 heavy (non-hydrogen) atoms. The van der Waals surface area contributed by atoms with Crippen LogP contribution < -0.4 is 10.1 Å². The zero-order valence-electron chi connectivity index (χ0n) is 12.5. The zero-order valence-corrected chi connectivity index (χ0v) is 12.5. The highest BCUT2D eigenvalue weighted by atomic mass is 16.5. The molecule has 0 spiro atoms. The highest BCUT2D eigenvalue weighted by Gasteiger charge is 2.07. The van der Waals surface area contributed by atoms with Crippen molar-refractivity contribution in [2.45, 2.75) is 33.6 Å². The van der Waals surface area contributed by atoms with Gasteiger partial charge < -0.3 is 10.1 Å². The van der Waals surface area contributed by atoms with Gasteiger partial charge in [0.2, 0.25) is 5.88 Å². The summed E-state index contributed by atoms with van der Waals surface area (Å²) in [7, 11) is 0. The Morgan fingerprint density at radius 3 is 2.70 bits per heavy atom. The van der Waals surface area contributed by atoms with E-state index in [1.807, 2.05) is 19.9 Å². The predicted octanol–water partition coefficient (Wildman–Crippen LogP) is 4.13. The van der Waals surface area contributed by atoms with Crippen LogP contribution in [-0.2, 0) is 0 Å². The number of rotatable bonds is 5. The summed E-state index contributed by atoms with van der Waals surface area (Å²) in [4.78, 5) is 8.30. The average Bonchev–Trinajstić information content (AvgIpc) is 2.42. The first-order valence-corrected chi connectivity index (χ1v) is 6.94. The number of ether oxygens (including phenoxy) is 1. The maximum Gasteiger partial charge on any atom is 0.224 e. The molecule has 1 heterocycles. The lowest BCUT2D eigenvalue weighted by molar-refractivity contribution is 0.457. The second-order valence-electron chi connectivity index (χ2n) is 5.05.